The Balaban J connectivity index is 1.39. The molecule has 0 bridgehead atoms. The molecule has 1 aromatic carbocycles. The first-order valence-corrected chi connectivity index (χ1v) is 9.56. The van der Waals surface area contributed by atoms with Crippen LogP contribution in [0.1, 0.15) is 29.0 Å². The molecule has 0 radical (unpaired) electrons. The lowest BCUT2D eigenvalue weighted by Gasteiger charge is -2.31. The number of amides is 1. The highest BCUT2D eigenvalue weighted by Crippen LogP contribution is 2.22. The molecule has 3 aromatic rings. The number of benzene rings is 1. The first kappa shape index (κ1) is 19.0. The zero-order valence-corrected chi connectivity index (χ0v) is 16.4. The molecule has 4 rings (SSSR count). The van der Waals surface area contributed by atoms with Gasteiger partial charge in [0.15, 0.2) is 0 Å². The van der Waals surface area contributed by atoms with E-state index >= 15 is 0 Å². The molecular weight excluding hydrogens is 373 g/mol. The standard InChI is InChI=1S/C21H22FN5O2/c1-14-3-8-20(24-23-14)29-17-9-11-27(12-10-17)21(28)19-13-18(25-26(19)2)15-4-6-16(22)7-5-15/h3-8,13,17H,9-12H2,1-2H3. The van der Waals surface area contributed by atoms with E-state index in [9.17, 15) is 9.18 Å². The van der Waals surface area contributed by atoms with E-state index in [0.717, 1.165) is 24.1 Å². The molecule has 0 aliphatic carbocycles. The normalized spacial score (nSPS) is 14.8. The molecule has 150 valence electrons. The summed E-state index contributed by atoms with van der Waals surface area (Å²) in [6.45, 7) is 3.07. The molecule has 0 N–H and O–H groups in total. The summed E-state index contributed by atoms with van der Waals surface area (Å²) in [7, 11) is 1.74. The monoisotopic (exact) mass is 395 g/mol. The first-order chi connectivity index (χ1) is 14.0. The number of halogens is 1. The Kier molecular flexibility index (Phi) is 5.24. The van der Waals surface area contributed by atoms with Crippen molar-refractivity contribution in [3.63, 3.8) is 0 Å². The zero-order chi connectivity index (χ0) is 20.4. The number of aryl methyl sites for hydroxylation is 2. The van der Waals surface area contributed by atoms with E-state index in [1.165, 1.54) is 12.1 Å². The Labute approximate surface area is 168 Å². The number of ether oxygens (including phenoxy) is 1. The second kappa shape index (κ2) is 7.98. The van der Waals surface area contributed by atoms with Crippen molar-refractivity contribution in [1.29, 1.82) is 0 Å². The van der Waals surface area contributed by atoms with Gasteiger partial charge in [-0.2, -0.15) is 10.2 Å². The van der Waals surface area contributed by atoms with Gasteiger partial charge in [-0.15, -0.1) is 5.10 Å². The van der Waals surface area contributed by atoms with Crippen molar-refractivity contribution in [2.75, 3.05) is 13.1 Å². The molecule has 1 fully saturated rings. The van der Waals surface area contributed by atoms with Gasteiger partial charge in [0.2, 0.25) is 5.88 Å². The fraction of sp³-hybridized carbons (Fsp3) is 0.333. The van der Waals surface area contributed by atoms with Gasteiger partial charge in [0.25, 0.3) is 5.91 Å². The molecule has 0 unspecified atom stereocenters. The van der Waals surface area contributed by atoms with Crippen LogP contribution in [0.4, 0.5) is 4.39 Å². The number of rotatable bonds is 4. The van der Waals surface area contributed by atoms with Crippen molar-refractivity contribution in [2.45, 2.75) is 25.9 Å². The van der Waals surface area contributed by atoms with Gasteiger partial charge in [-0.3, -0.25) is 9.48 Å². The molecule has 0 saturated carbocycles. The second-order valence-corrected chi connectivity index (χ2v) is 7.17. The topological polar surface area (TPSA) is 73.1 Å². The van der Waals surface area contributed by atoms with Crippen molar-refractivity contribution in [3.8, 4) is 17.1 Å². The quantitative estimate of drug-likeness (QED) is 0.679. The summed E-state index contributed by atoms with van der Waals surface area (Å²) in [6.07, 6.45) is 1.46. The Morgan fingerprint density at radius 1 is 1.10 bits per heavy atom. The second-order valence-electron chi connectivity index (χ2n) is 7.17. The molecule has 1 aliphatic rings. The van der Waals surface area contributed by atoms with Crippen LogP contribution in [0.15, 0.2) is 42.5 Å². The maximum atomic E-state index is 13.1. The Morgan fingerprint density at radius 2 is 1.83 bits per heavy atom. The lowest BCUT2D eigenvalue weighted by molar-refractivity contribution is 0.0576. The third-order valence-electron chi connectivity index (χ3n) is 5.03. The summed E-state index contributed by atoms with van der Waals surface area (Å²) in [5.74, 6) is 0.139. The van der Waals surface area contributed by atoms with Crippen LogP contribution >= 0.6 is 0 Å². The summed E-state index contributed by atoms with van der Waals surface area (Å²) in [5, 5.41) is 12.4. The Morgan fingerprint density at radius 3 is 2.48 bits per heavy atom. The molecule has 0 atom stereocenters. The van der Waals surface area contributed by atoms with Crippen LogP contribution in [-0.4, -0.2) is 50.0 Å². The van der Waals surface area contributed by atoms with Gasteiger partial charge in [-0.25, -0.2) is 4.39 Å². The van der Waals surface area contributed by atoms with Gasteiger partial charge in [0, 0.05) is 44.6 Å². The minimum Gasteiger partial charge on any atom is -0.473 e. The average molecular weight is 395 g/mol. The van der Waals surface area contributed by atoms with E-state index in [4.69, 9.17) is 4.74 Å². The molecule has 8 heteroatoms. The first-order valence-electron chi connectivity index (χ1n) is 9.56. The van der Waals surface area contributed by atoms with Crippen molar-refractivity contribution >= 4 is 5.91 Å². The minimum atomic E-state index is -0.303. The summed E-state index contributed by atoms with van der Waals surface area (Å²) >= 11 is 0. The molecule has 1 aliphatic heterocycles. The maximum absolute atomic E-state index is 13.1. The van der Waals surface area contributed by atoms with E-state index in [2.05, 4.69) is 15.3 Å². The Hall–Kier alpha value is -3.29. The molecule has 29 heavy (non-hydrogen) atoms. The van der Waals surface area contributed by atoms with Crippen molar-refractivity contribution in [2.24, 2.45) is 7.05 Å². The van der Waals surface area contributed by atoms with Crippen LogP contribution in [0.25, 0.3) is 11.3 Å². The number of aromatic nitrogens is 4. The molecule has 0 spiro atoms. The van der Waals surface area contributed by atoms with Gasteiger partial charge < -0.3 is 9.64 Å². The van der Waals surface area contributed by atoms with Crippen LogP contribution in [-0.2, 0) is 7.05 Å². The van der Waals surface area contributed by atoms with Crippen molar-refractivity contribution in [1.82, 2.24) is 24.9 Å². The molecule has 7 nitrogen and oxygen atoms in total. The number of piperidine rings is 1. The van der Waals surface area contributed by atoms with Gasteiger partial charge in [0.1, 0.15) is 17.6 Å². The minimum absolute atomic E-state index is 0.0115. The maximum Gasteiger partial charge on any atom is 0.272 e. The van der Waals surface area contributed by atoms with E-state index in [1.807, 2.05) is 24.0 Å². The van der Waals surface area contributed by atoms with Gasteiger partial charge in [0.05, 0.1) is 11.4 Å². The van der Waals surface area contributed by atoms with E-state index in [0.29, 0.717) is 30.4 Å². The summed E-state index contributed by atoms with van der Waals surface area (Å²) < 4.78 is 20.6. The number of nitrogens with zero attached hydrogens (tertiary/aromatic N) is 5. The predicted molar refractivity (Wildman–Crippen MR) is 105 cm³/mol. The fourth-order valence-corrected chi connectivity index (χ4v) is 3.39. The van der Waals surface area contributed by atoms with E-state index in [1.54, 1.807) is 29.9 Å². The van der Waals surface area contributed by atoms with E-state index in [-0.39, 0.29) is 17.8 Å². The third kappa shape index (κ3) is 4.26. The molecular formula is C21H22FN5O2. The Bertz CT molecular complexity index is 993. The van der Waals surface area contributed by atoms with Gasteiger partial charge in [-0.1, -0.05) is 0 Å². The number of hydrogen-bond donors (Lipinski definition) is 0. The fourth-order valence-electron chi connectivity index (χ4n) is 3.39. The van der Waals surface area contributed by atoms with Crippen LogP contribution in [0.3, 0.4) is 0 Å². The van der Waals surface area contributed by atoms with Crippen LogP contribution in [0, 0.1) is 12.7 Å². The lowest BCUT2D eigenvalue weighted by Crippen LogP contribution is -2.42. The molecule has 2 aromatic heterocycles. The summed E-state index contributed by atoms with van der Waals surface area (Å²) in [4.78, 5) is 14.8. The van der Waals surface area contributed by atoms with Crippen molar-refractivity contribution < 1.29 is 13.9 Å². The predicted octanol–water partition coefficient (Wildman–Crippen LogP) is 3.01. The number of hydrogen-bond acceptors (Lipinski definition) is 5. The third-order valence-corrected chi connectivity index (χ3v) is 5.03. The number of carbonyl (C=O) groups is 1. The highest BCUT2D eigenvalue weighted by atomic mass is 19.1. The zero-order valence-electron chi connectivity index (χ0n) is 16.4. The number of carbonyl (C=O) groups excluding carboxylic acids is 1. The van der Waals surface area contributed by atoms with E-state index < -0.39 is 0 Å². The smallest absolute Gasteiger partial charge is 0.272 e. The highest BCUT2D eigenvalue weighted by Gasteiger charge is 2.27. The molecule has 1 amide bonds. The highest BCUT2D eigenvalue weighted by molar-refractivity contribution is 5.93. The van der Waals surface area contributed by atoms with Gasteiger partial charge in [-0.05, 0) is 43.3 Å². The summed E-state index contributed by atoms with van der Waals surface area (Å²) in [6, 6.07) is 11.5. The summed E-state index contributed by atoms with van der Waals surface area (Å²) in [5.41, 5.74) is 2.77. The van der Waals surface area contributed by atoms with Gasteiger partial charge >= 0.3 is 0 Å². The van der Waals surface area contributed by atoms with Crippen LogP contribution < -0.4 is 4.74 Å². The number of likely N-dealkylation sites (tertiary alicyclic amines) is 1. The lowest BCUT2D eigenvalue weighted by atomic mass is 10.1. The van der Waals surface area contributed by atoms with Crippen molar-refractivity contribution in [3.05, 3.63) is 59.7 Å². The van der Waals surface area contributed by atoms with Crippen LogP contribution in [0.5, 0.6) is 5.88 Å². The molecule has 1 saturated heterocycles. The molecule has 3 heterocycles. The average Bonchev–Trinajstić information content (AvgIpc) is 3.12. The largest absolute Gasteiger partial charge is 0.473 e. The SMILES string of the molecule is Cc1ccc(OC2CCN(C(=O)c3cc(-c4ccc(F)cc4)nn3C)CC2)nn1. The van der Waals surface area contributed by atoms with Crippen LogP contribution in [0.2, 0.25) is 0 Å².